The Bertz CT molecular complexity index is 733. The average molecular weight is 337 g/mol. The van der Waals surface area contributed by atoms with E-state index in [0.717, 1.165) is 11.3 Å². The number of nitrogens with zero attached hydrogens (tertiary/aromatic N) is 1. The van der Waals surface area contributed by atoms with Crippen LogP contribution in [0.4, 0.5) is 9.52 Å². The third kappa shape index (κ3) is 4.26. The molecule has 1 aromatic carbocycles. The van der Waals surface area contributed by atoms with Crippen LogP contribution in [0.2, 0.25) is 0 Å². The summed E-state index contributed by atoms with van der Waals surface area (Å²) >= 11 is 1.16. The van der Waals surface area contributed by atoms with Gasteiger partial charge in [0.25, 0.3) is 5.91 Å². The smallest absolute Gasteiger partial charge is 0.271 e. The maximum Gasteiger partial charge on any atom is 0.271 e. The van der Waals surface area contributed by atoms with Crippen LogP contribution >= 0.6 is 11.3 Å². The van der Waals surface area contributed by atoms with Crippen LogP contribution in [-0.4, -0.2) is 23.9 Å². The van der Waals surface area contributed by atoms with E-state index in [9.17, 15) is 14.0 Å². The number of benzene rings is 1. The fourth-order valence-corrected chi connectivity index (χ4v) is 2.63. The van der Waals surface area contributed by atoms with Crippen molar-refractivity contribution in [2.24, 2.45) is 0 Å². The first-order chi connectivity index (χ1) is 10.9. The minimum atomic E-state index is -0.493. The highest BCUT2D eigenvalue weighted by Gasteiger charge is 2.16. The maximum atomic E-state index is 13.7. The molecule has 0 fully saturated rings. The number of anilines is 1. The minimum Gasteiger partial charge on any atom is -0.494 e. The van der Waals surface area contributed by atoms with Crippen LogP contribution in [0.15, 0.2) is 23.6 Å². The van der Waals surface area contributed by atoms with Crippen molar-refractivity contribution in [2.75, 3.05) is 12.4 Å². The van der Waals surface area contributed by atoms with E-state index in [2.05, 4.69) is 15.6 Å². The fraction of sp³-hybridized carbons (Fsp3) is 0.267. The first kappa shape index (κ1) is 16.9. The summed E-state index contributed by atoms with van der Waals surface area (Å²) in [5.41, 5.74) is 0.800. The molecule has 6 nitrogen and oxygen atoms in total. The summed E-state index contributed by atoms with van der Waals surface area (Å²) in [5, 5.41) is 7.14. The molecule has 0 unspecified atom stereocenters. The van der Waals surface area contributed by atoms with Gasteiger partial charge in [-0.25, -0.2) is 9.37 Å². The summed E-state index contributed by atoms with van der Waals surface area (Å²) in [6, 6.07) is 4.09. The van der Waals surface area contributed by atoms with Gasteiger partial charge < -0.3 is 15.4 Å². The van der Waals surface area contributed by atoms with E-state index in [-0.39, 0.29) is 17.4 Å². The van der Waals surface area contributed by atoms with E-state index < -0.39 is 17.8 Å². The molecule has 1 heterocycles. The molecule has 0 aliphatic carbocycles. The number of methoxy groups -OCH3 is 1. The van der Waals surface area contributed by atoms with Gasteiger partial charge in [0.05, 0.1) is 13.2 Å². The van der Waals surface area contributed by atoms with Gasteiger partial charge >= 0.3 is 0 Å². The van der Waals surface area contributed by atoms with Gasteiger partial charge in [-0.2, -0.15) is 0 Å². The van der Waals surface area contributed by atoms with E-state index in [1.54, 1.807) is 18.4 Å². The van der Waals surface area contributed by atoms with Crippen molar-refractivity contribution < 1.29 is 18.7 Å². The number of ether oxygens (including phenoxy) is 1. The van der Waals surface area contributed by atoms with Gasteiger partial charge in [0, 0.05) is 12.3 Å². The summed E-state index contributed by atoms with van der Waals surface area (Å²) in [6.07, 6.45) is 0. The van der Waals surface area contributed by atoms with Crippen molar-refractivity contribution >= 4 is 28.3 Å². The van der Waals surface area contributed by atoms with Crippen molar-refractivity contribution in [1.29, 1.82) is 0 Å². The SMILES string of the molecule is COc1ccc([C@@H](C)NC(=O)c2csc(NC(C)=O)n2)cc1F. The Labute approximate surface area is 136 Å². The molecule has 0 bridgehead atoms. The van der Waals surface area contributed by atoms with Crippen molar-refractivity contribution in [2.45, 2.75) is 19.9 Å². The second kappa shape index (κ2) is 7.19. The van der Waals surface area contributed by atoms with Crippen LogP contribution in [0.1, 0.15) is 35.9 Å². The Hall–Kier alpha value is -2.48. The second-order valence-corrected chi connectivity index (χ2v) is 5.67. The number of nitrogens with one attached hydrogen (secondary N) is 2. The van der Waals surface area contributed by atoms with Crippen LogP contribution in [0.25, 0.3) is 0 Å². The third-order valence-electron chi connectivity index (χ3n) is 3.04. The molecule has 8 heteroatoms. The lowest BCUT2D eigenvalue weighted by Gasteiger charge is -2.14. The molecule has 0 aliphatic heterocycles. The Balaban J connectivity index is 2.05. The number of thiazole rings is 1. The van der Waals surface area contributed by atoms with Crippen molar-refractivity contribution in [3.63, 3.8) is 0 Å². The van der Waals surface area contributed by atoms with E-state index in [1.165, 1.54) is 26.2 Å². The molecule has 0 radical (unpaired) electrons. The number of hydrogen-bond acceptors (Lipinski definition) is 5. The molecule has 2 amide bonds. The maximum absolute atomic E-state index is 13.7. The zero-order valence-electron chi connectivity index (χ0n) is 12.8. The highest BCUT2D eigenvalue weighted by atomic mass is 32.1. The molecule has 2 rings (SSSR count). The number of carbonyl (C=O) groups excluding carboxylic acids is 2. The summed E-state index contributed by atoms with van der Waals surface area (Å²) < 4.78 is 18.6. The predicted molar refractivity (Wildman–Crippen MR) is 85.3 cm³/mol. The average Bonchev–Trinajstić information content (AvgIpc) is 2.94. The number of carbonyl (C=O) groups is 2. The molecular formula is C15H16FN3O3S. The fourth-order valence-electron chi connectivity index (χ4n) is 1.89. The Morgan fingerprint density at radius 3 is 2.74 bits per heavy atom. The highest BCUT2D eigenvalue weighted by molar-refractivity contribution is 7.14. The van der Waals surface area contributed by atoms with E-state index >= 15 is 0 Å². The van der Waals surface area contributed by atoms with Gasteiger partial charge in [0.15, 0.2) is 16.7 Å². The normalized spacial score (nSPS) is 11.7. The zero-order valence-corrected chi connectivity index (χ0v) is 13.7. The van der Waals surface area contributed by atoms with E-state index in [4.69, 9.17) is 4.74 Å². The first-order valence-corrected chi connectivity index (χ1v) is 7.66. The standard InChI is InChI=1S/C15H16FN3O3S/c1-8(10-4-5-13(22-3)11(16)6-10)17-14(21)12-7-23-15(19-12)18-9(2)20/h4-8H,1-3H3,(H,17,21)(H,18,19,20)/t8-/m1/s1. The molecule has 1 atom stereocenters. The highest BCUT2D eigenvalue weighted by Crippen LogP contribution is 2.22. The number of rotatable bonds is 5. The molecule has 2 aromatic rings. The Morgan fingerprint density at radius 1 is 1.39 bits per heavy atom. The predicted octanol–water partition coefficient (Wildman–Crippen LogP) is 2.74. The molecule has 2 N–H and O–H groups in total. The van der Waals surface area contributed by atoms with Crippen LogP contribution in [0.3, 0.4) is 0 Å². The Morgan fingerprint density at radius 2 is 2.13 bits per heavy atom. The van der Waals surface area contributed by atoms with E-state index in [0.29, 0.717) is 10.7 Å². The zero-order chi connectivity index (χ0) is 17.0. The minimum absolute atomic E-state index is 0.145. The molecule has 0 aliphatic rings. The largest absolute Gasteiger partial charge is 0.494 e. The number of hydrogen-bond donors (Lipinski definition) is 2. The summed E-state index contributed by atoms with van der Waals surface area (Å²) in [7, 11) is 1.39. The van der Waals surface area contributed by atoms with Gasteiger partial charge in [-0.05, 0) is 24.6 Å². The summed E-state index contributed by atoms with van der Waals surface area (Å²) in [5.74, 6) is -1.01. The van der Waals surface area contributed by atoms with Gasteiger partial charge in [0.1, 0.15) is 5.69 Å². The lowest BCUT2D eigenvalue weighted by atomic mass is 10.1. The van der Waals surface area contributed by atoms with Crippen molar-refractivity contribution in [1.82, 2.24) is 10.3 Å². The van der Waals surface area contributed by atoms with Gasteiger partial charge in [-0.3, -0.25) is 9.59 Å². The van der Waals surface area contributed by atoms with Crippen LogP contribution in [-0.2, 0) is 4.79 Å². The summed E-state index contributed by atoms with van der Waals surface area (Å²) in [4.78, 5) is 27.1. The lowest BCUT2D eigenvalue weighted by molar-refractivity contribution is -0.114. The molecule has 0 spiro atoms. The third-order valence-corrected chi connectivity index (χ3v) is 3.80. The second-order valence-electron chi connectivity index (χ2n) is 4.81. The molecule has 0 saturated carbocycles. The Kier molecular flexibility index (Phi) is 5.28. The van der Waals surface area contributed by atoms with Gasteiger partial charge in [-0.1, -0.05) is 6.07 Å². The molecule has 122 valence electrons. The first-order valence-electron chi connectivity index (χ1n) is 6.78. The van der Waals surface area contributed by atoms with Crippen LogP contribution < -0.4 is 15.4 Å². The summed E-state index contributed by atoms with van der Waals surface area (Å²) in [6.45, 7) is 3.10. The number of aromatic nitrogens is 1. The lowest BCUT2D eigenvalue weighted by Crippen LogP contribution is -2.27. The monoisotopic (exact) mass is 337 g/mol. The van der Waals surface area contributed by atoms with Gasteiger partial charge in [-0.15, -0.1) is 11.3 Å². The molecular weight excluding hydrogens is 321 g/mol. The topological polar surface area (TPSA) is 80.3 Å². The molecule has 0 saturated heterocycles. The van der Waals surface area contributed by atoms with Crippen molar-refractivity contribution in [3.8, 4) is 5.75 Å². The number of amides is 2. The van der Waals surface area contributed by atoms with Crippen LogP contribution in [0.5, 0.6) is 5.75 Å². The number of halogens is 1. The van der Waals surface area contributed by atoms with E-state index in [1.807, 2.05) is 0 Å². The van der Waals surface area contributed by atoms with Gasteiger partial charge in [0.2, 0.25) is 5.91 Å². The van der Waals surface area contributed by atoms with Crippen molar-refractivity contribution in [3.05, 3.63) is 40.7 Å². The quantitative estimate of drug-likeness (QED) is 0.879. The van der Waals surface area contributed by atoms with Crippen LogP contribution in [0, 0.1) is 5.82 Å². The molecule has 1 aromatic heterocycles. The molecule has 23 heavy (non-hydrogen) atoms.